The number of furan rings is 1. The maximum atomic E-state index is 13.1. The molecule has 0 saturated carbocycles. The first-order valence-electron chi connectivity index (χ1n) is 10.0. The number of amides is 1. The normalized spacial score (nSPS) is 17.4. The van der Waals surface area contributed by atoms with E-state index in [2.05, 4.69) is 6.58 Å². The minimum Gasteiger partial charge on any atom is -0.507 e. The highest BCUT2D eigenvalue weighted by Gasteiger charge is 2.46. The largest absolute Gasteiger partial charge is 0.507 e. The number of aliphatic hydroxyl groups is 1. The summed E-state index contributed by atoms with van der Waals surface area (Å²) in [4.78, 5) is 27.4. The molecule has 168 valence electrons. The Kier molecular flexibility index (Phi) is 6.58. The number of carbonyl (C=O) groups is 2. The molecule has 0 spiro atoms. The van der Waals surface area contributed by atoms with Crippen LogP contribution in [-0.4, -0.2) is 28.3 Å². The molecule has 1 aliphatic rings. The van der Waals surface area contributed by atoms with E-state index < -0.39 is 17.7 Å². The second-order valence-corrected chi connectivity index (χ2v) is 8.12. The zero-order valence-electron chi connectivity index (χ0n) is 17.3. The Morgan fingerprint density at radius 3 is 2.52 bits per heavy atom. The Morgan fingerprint density at radius 2 is 1.88 bits per heavy atom. The lowest BCUT2D eigenvalue weighted by atomic mass is 9.95. The number of halogens is 2. The van der Waals surface area contributed by atoms with Crippen LogP contribution in [0.2, 0.25) is 10.0 Å². The molecule has 2 aromatic carbocycles. The van der Waals surface area contributed by atoms with Crippen LogP contribution in [0.5, 0.6) is 5.75 Å². The first-order chi connectivity index (χ1) is 15.9. The summed E-state index contributed by atoms with van der Waals surface area (Å²) < 4.78 is 10.8. The van der Waals surface area contributed by atoms with Gasteiger partial charge in [-0.15, -0.1) is 0 Å². The summed E-state index contributed by atoms with van der Waals surface area (Å²) in [6.07, 6.45) is 3.10. The Bertz CT molecular complexity index is 1230. The number of hydrogen-bond acceptors (Lipinski definition) is 5. The van der Waals surface area contributed by atoms with Crippen molar-refractivity contribution in [3.63, 3.8) is 0 Å². The number of benzene rings is 2. The van der Waals surface area contributed by atoms with Gasteiger partial charge in [-0.25, -0.2) is 0 Å². The van der Waals surface area contributed by atoms with Crippen LogP contribution in [-0.2, 0) is 16.1 Å². The number of nitrogens with zero attached hydrogens (tertiary/aromatic N) is 1. The molecule has 1 amide bonds. The van der Waals surface area contributed by atoms with Gasteiger partial charge >= 0.3 is 0 Å². The minimum atomic E-state index is -0.887. The SMILES string of the molecule is C=CCOc1ccc(C(O)=C2C(=O)C(=O)N(Cc3ccco3)C2c2ccc(Cl)c(Cl)c2)cc1. The van der Waals surface area contributed by atoms with Crippen molar-refractivity contribution in [1.82, 2.24) is 4.90 Å². The number of hydrogen-bond donors (Lipinski definition) is 1. The molecular weight excluding hydrogens is 465 g/mol. The topological polar surface area (TPSA) is 80.0 Å². The summed E-state index contributed by atoms with van der Waals surface area (Å²) in [5.74, 6) is -0.796. The van der Waals surface area contributed by atoms with Crippen LogP contribution in [0.25, 0.3) is 5.76 Å². The molecule has 8 heteroatoms. The van der Waals surface area contributed by atoms with Crippen LogP contribution in [0.3, 0.4) is 0 Å². The average molecular weight is 484 g/mol. The van der Waals surface area contributed by atoms with E-state index in [9.17, 15) is 14.7 Å². The van der Waals surface area contributed by atoms with Gasteiger partial charge in [0.05, 0.1) is 34.5 Å². The molecule has 33 heavy (non-hydrogen) atoms. The molecule has 1 atom stereocenters. The quantitative estimate of drug-likeness (QED) is 0.199. The van der Waals surface area contributed by atoms with E-state index in [0.717, 1.165) is 0 Å². The molecule has 2 heterocycles. The van der Waals surface area contributed by atoms with Crippen molar-refractivity contribution in [2.24, 2.45) is 0 Å². The Labute approximate surface area is 200 Å². The van der Waals surface area contributed by atoms with Crippen molar-refractivity contribution in [3.8, 4) is 5.75 Å². The fraction of sp³-hybridized carbons (Fsp3) is 0.120. The highest BCUT2D eigenvalue weighted by atomic mass is 35.5. The minimum absolute atomic E-state index is 0.0353. The van der Waals surface area contributed by atoms with Crippen molar-refractivity contribution in [3.05, 3.63) is 106 Å². The van der Waals surface area contributed by atoms with Crippen molar-refractivity contribution in [1.29, 1.82) is 0 Å². The molecule has 0 bridgehead atoms. The van der Waals surface area contributed by atoms with Gasteiger partial charge in [0.1, 0.15) is 23.9 Å². The molecule has 4 rings (SSSR count). The van der Waals surface area contributed by atoms with Crippen molar-refractivity contribution in [2.75, 3.05) is 6.61 Å². The average Bonchev–Trinajstić information content (AvgIpc) is 3.42. The smallest absolute Gasteiger partial charge is 0.296 e. The third kappa shape index (κ3) is 4.53. The third-order valence-corrected chi connectivity index (χ3v) is 5.94. The molecule has 6 nitrogen and oxygen atoms in total. The molecule has 3 aromatic rings. The highest BCUT2D eigenvalue weighted by Crippen LogP contribution is 2.41. The molecule has 0 radical (unpaired) electrons. The number of ketones is 1. The summed E-state index contributed by atoms with van der Waals surface area (Å²) >= 11 is 12.3. The first kappa shape index (κ1) is 22.7. The fourth-order valence-electron chi connectivity index (χ4n) is 3.66. The second kappa shape index (κ2) is 9.57. The highest BCUT2D eigenvalue weighted by molar-refractivity contribution is 6.46. The Hall–Kier alpha value is -3.48. The zero-order chi connectivity index (χ0) is 23.5. The maximum absolute atomic E-state index is 13.1. The molecular formula is C25H19Cl2NO5. The summed E-state index contributed by atoms with van der Waals surface area (Å²) in [6, 6.07) is 13.9. The molecule has 1 fully saturated rings. The van der Waals surface area contributed by atoms with Gasteiger partial charge in [-0.3, -0.25) is 9.59 Å². The molecule has 1 aliphatic heterocycles. The predicted molar refractivity (Wildman–Crippen MR) is 125 cm³/mol. The van der Waals surface area contributed by atoms with Gasteiger partial charge in [0, 0.05) is 5.56 Å². The fourth-order valence-corrected chi connectivity index (χ4v) is 3.97. The maximum Gasteiger partial charge on any atom is 0.296 e. The van der Waals surface area contributed by atoms with Gasteiger partial charge in [-0.2, -0.15) is 0 Å². The number of aliphatic hydroxyl groups excluding tert-OH is 1. The van der Waals surface area contributed by atoms with E-state index in [-0.39, 0.29) is 22.9 Å². The van der Waals surface area contributed by atoms with Gasteiger partial charge in [0.25, 0.3) is 11.7 Å². The van der Waals surface area contributed by atoms with Crippen molar-refractivity contribution < 1.29 is 23.8 Å². The van der Waals surface area contributed by atoms with E-state index in [4.69, 9.17) is 32.4 Å². The van der Waals surface area contributed by atoms with E-state index in [0.29, 0.717) is 34.3 Å². The van der Waals surface area contributed by atoms with Gasteiger partial charge in [0.15, 0.2) is 0 Å². The Balaban J connectivity index is 1.81. The van der Waals surface area contributed by atoms with E-state index in [1.165, 1.54) is 11.2 Å². The van der Waals surface area contributed by atoms with Gasteiger partial charge in [0.2, 0.25) is 0 Å². The lowest BCUT2D eigenvalue weighted by Gasteiger charge is -2.24. The number of likely N-dealkylation sites (tertiary alicyclic amines) is 1. The van der Waals surface area contributed by atoms with Crippen LogP contribution < -0.4 is 4.74 Å². The van der Waals surface area contributed by atoms with Crippen LogP contribution in [0.1, 0.15) is 22.9 Å². The summed E-state index contributed by atoms with van der Waals surface area (Å²) in [7, 11) is 0. The lowest BCUT2D eigenvalue weighted by Crippen LogP contribution is -2.29. The van der Waals surface area contributed by atoms with Gasteiger partial charge < -0.3 is 19.2 Å². The van der Waals surface area contributed by atoms with E-state index in [1.54, 1.807) is 60.7 Å². The first-order valence-corrected chi connectivity index (χ1v) is 10.8. The number of Topliss-reactive ketones (excluding diaryl/α,β-unsaturated/α-hetero) is 1. The van der Waals surface area contributed by atoms with E-state index in [1.807, 2.05) is 0 Å². The lowest BCUT2D eigenvalue weighted by molar-refractivity contribution is -0.140. The van der Waals surface area contributed by atoms with Crippen molar-refractivity contribution >= 4 is 40.7 Å². The van der Waals surface area contributed by atoms with E-state index >= 15 is 0 Å². The standard InChI is InChI=1S/C25H19Cl2NO5/c1-2-11-32-17-8-5-15(6-9-17)23(29)21-22(16-7-10-19(26)20(27)13-16)28(25(31)24(21)30)14-18-4-3-12-33-18/h2-10,12-13,22,29H,1,11,14H2. The van der Waals surface area contributed by atoms with Crippen LogP contribution in [0.4, 0.5) is 0 Å². The number of carbonyl (C=O) groups excluding carboxylic acids is 2. The van der Waals surface area contributed by atoms with Crippen LogP contribution in [0, 0.1) is 0 Å². The molecule has 1 saturated heterocycles. The van der Waals surface area contributed by atoms with Gasteiger partial charge in [-0.1, -0.05) is 41.9 Å². The molecule has 0 aliphatic carbocycles. The molecule has 1 aromatic heterocycles. The third-order valence-electron chi connectivity index (χ3n) is 5.20. The zero-order valence-corrected chi connectivity index (χ0v) is 18.8. The number of rotatable bonds is 7. The molecule has 1 N–H and O–H groups in total. The molecule has 1 unspecified atom stereocenters. The summed E-state index contributed by atoms with van der Waals surface area (Å²) in [5, 5.41) is 11.7. The van der Waals surface area contributed by atoms with Gasteiger partial charge in [-0.05, 0) is 54.1 Å². The summed E-state index contributed by atoms with van der Waals surface area (Å²) in [6.45, 7) is 3.97. The summed E-state index contributed by atoms with van der Waals surface area (Å²) in [5.41, 5.74) is 0.842. The van der Waals surface area contributed by atoms with Crippen LogP contribution >= 0.6 is 23.2 Å². The predicted octanol–water partition coefficient (Wildman–Crippen LogP) is 5.77. The number of ether oxygens (including phenoxy) is 1. The second-order valence-electron chi connectivity index (χ2n) is 7.30. The Morgan fingerprint density at radius 1 is 1.12 bits per heavy atom. The monoisotopic (exact) mass is 483 g/mol. The van der Waals surface area contributed by atoms with Crippen molar-refractivity contribution in [2.45, 2.75) is 12.6 Å². The van der Waals surface area contributed by atoms with Crippen LogP contribution in [0.15, 0.2) is 83.5 Å².